The number of piperidine rings is 1. The third-order valence-electron chi connectivity index (χ3n) is 3.86. The van der Waals surface area contributed by atoms with Crippen molar-refractivity contribution in [3.8, 4) is 0 Å². The number of nitrogens with zero attached hydrogens (tertiary/aromatic N) is 3. The highest BCUT2D eigenvalue weighted by Crippen LogP contribution is 2.31. The van der Waals surface area contributed by atoms with E-state index in [4.69, 9.17) is 4.52 Å². The molecule has 2 aromatic rings. The van der Waals surface area contributed by atoms with Crippen LogP contribution >= 0.6 is 0 Å². The first kappa shape index (κ1) is 15.6. The van der Waals surface area contributed by atoms with Crippen molar-refractivity contribution in [3.05, 3.63) is 39.6 Å². The van der Waals surface area contributed by atoms with Crippen LogP contribution in [0.5, 0.6) is 0 Å². The summed E-state index contributed by atoms with van der Waals surface area (Å²) in [5, 5.41) is 2.25. The molecule has 1 fully saturated rings. The minimum atomic E-state index is -4.49. The zero-order valence-electron chi connectivity index (χ0n) is 12.4. The summed E-state index contributed by atoms with van der Waals surface area (Å²) in [4.78, 5) is 20.6. The Balaban J connectivity index is 1.75. The molecule has 9 heteroatoms. The number of alkyl halides is 3. The molecule has 3 heterocycles. The molecule has 23 heavy (non-hydrogen) atoms. The van der Waals surface area contributed by atoms with Crippen LogP contribution in [-0.2, 0) is 6.18 Å². The summed E-state index contributed by atoms with van der Waals surface area (Å²) in [7, 11) is 0. The van der Waals surface area contributed by atoms with Gasteiger partial charge in [-0.15, -0.1) is 0 Å². The molecule has 0 radical (unpaired) electrons. The lowest BCUT2D eigenvalue weighted by molar-refractivity contribution is -0.141. The second-order valence-corrected chi connectivity index (χ2v) is 5.57. The molecule has 1 aliphatic rings. The summed E-state index contributed by atoms with van der Waals surface area (Å²) in [5.41, 5.74) is -0.945. The van der Waals surface area contributed by atoms with Crippen molar-refractivity contribution in [3.63, 3.8) is 0 Å². The van der Waals surface area contributed by atoms with Gasteiger partial charge in [0.05, 0.1) is 0 Å². The fraction of sp³-hybridized carbons (Fsp3) is 0.500. The van der Waals surface area contributed by atoms with Gasteiger partial charge in [0, 0.05) is 30.8 Å². The van der Waals surface area contributed by atoms with Gasteiger partial charge in [-0.05, 0) is 25.8 Å². The molecule has 3 rings (SSSR count). The Bertz CT molecular complexity index is 745. The first-order valence-electron chi connectivity index (χ1n) is 7.19. The quantitative estimate of drug-likeness (QED) is 0.916. The molecule has 1 N–H and O–H groups in total. The molecule has 0 aromatic carbocycles. The Morgan fingerprint density at radius 3 is 2.52 bits per heavy atom. The highest BCUT2D eigenvalue weighted by atomic mass is 19.4. The lowest BCUT2D eigenvalue weighted by Gasteiger charge is -2.31. The van der Waals surface area contributed by atoms with E-state index in [-0.39, 0.29) is 23.1 Å². The predicted molar refractivity (Wildman–Crippen MR) is 75.3 cm³/mol. The van der Waals surface area contributed by atoms with Crippen molar-refractivity contribution in [1.29, 1.82) is 0 Å². The molecule has 1 saturated heterocycles. The molecular formula is C14H15F3N4O2. The summed E-state index contributed by atoms with van der Waals surface area (Å²) < 4.78 is 43.6. The predicted octanol–water partition coefficient (Wildman–Crippen LogP) is 2.47. The van der Waals surface area contributed by atoms with Gasteiger partial charge in [0.15, 0.2) is 0 Å². The third kappa shape index (κ3) is 3.38. The maximum Gasteiger partial charge on any atom is 0.433 e. The van der Waals surface area contributed by atoms with E-state index in [0.717, 1.165) is 6.07 Å². The van der Waals surface area contributed by atoms with Crippen LogP contribution in [0.25, 0.3) is 0 Å². The molecule has 0 spiro atoms. The molecule has 6 nitrogen and oxygen atoms in total. The fourth-order valence-corrected chi connectivity index (χ4v) is 2.70. The number of hydrogen-bond acceptors (Lipinski definition) is 5. The third-order valence-corrected chi connectivity index (χ3v) is 3.86. The Hall–Kier alpha value is -2.32. The van der Waals surface area contributed by atoms with Gasteiger partial charge in [0.25, 0.3) is 5.56 Å². The molecule has 0 amide bonds. The summed E-state index contributed by atoms with van der Waals surface area (Å²) in [6.45, 7) is 2.52. The monoisotopic (exact) mass is 328 g/mol. The molecule has 2 aromatic heterocycles. The van der Waals surface area contributed by atoms with E-state index in [9.17, 15) is 18.0 Å². The zero-order chi connectivity index (χ0) is 16.6. The topological polar surface area (TPSA) is 75.0 Å². The summed E-state index contributed by atoms with van der Waals surface area (Å²) in [5.74, 6) is 0.735. The van der Waals surface area contributed by atoms with Crippen LogP contribution in [0.4, 0.5) is 19.1 Å². The number of aromatic amines is 1. The molecule has 0 unspecified atom stereocenters. The standard InChI is InChI=1S/C14H15F3N4O2/c1-8-6-11(14(15,16)17)19-13(18-8)21-4-2-9(3-5-21)10-7-12(22)20-23-10/h6-7,9H,2-5H2,1H3,(H,20,22). The van der Waals surface area contributed by atoms with Crippen molar-refractivity contribution in [1.82, 2.24) is 15.1 Å². The molecule has 0 aliphatic carbocycles. The Labute approximate surface area is 129 Å². The Morgan fingerprint density at radius 1 is 1.26 bits per heavy atom. The lowest BCUT2D eigenvalue weighted by atomic mass is 9.94. The van der Waals surface area contributed by atoms with Crippen LogP contribution in [0.3, 0.4) is 0 Å². The minimum absolute atomic E-state index is 0.0668. The molecule has 1 aliphatic heterocycles. The lowest BCUT2D eigenvalue weighted by Crippen LogP contribution is -2.34. The van der Waals surface area contributed by atoms with Crippen molar-refractivity contribution in [2.45, 2.75) is 31.9 Å². The number of aromatic nitrogens is 3. The van der Waals surface area contributed by atoms with Crippen molar-refractivity contribution in [2.75, 3.05) is 18.0 Å². The number of H-pyrrole nitrogens is 1. The van der Waals surface area contributed by atoms with Gasteiger partial charge in [-0.25, -0.2) is 9.97 Å². The Morgan fingerprint density at radius 2 is 1.96 bits per heavy atom. The Kier molecular flexibility index (Phi) is 3.87. The van der Waals surface area contributed by atoms with Gasteiger partial charge in [-0.3, -0.25) is 4.79 Å². The van der Waals surface area contributed by atoms with Gasteiger partial charge in [-0.1, -0.05) is 0 Å². The summed E-state index contributed by atoms with van der Waals surface area (Å²) in [6, 6.07) is 2.34. The van der Waals surface area contributed by atoms with Crippen LogP contribution in [-0.4, -0.2) is 28.2 Å². The highest BCUT2D eigenvalue weighted by Gasteiger charge is 2.34. The SMILES string of the molecule is Cc1cc(C(F)(F)F)nc(N2CCC(c3cc(=O)[nH]o3)CC2)n1. The van der Waals surface area contributed by atoms with E-state index in [1.54, 1.807) is 4.90 Å². The van der Waals surface area contributed by atoms with Crippen molar-refractivity contribution < 1.29 is 17.7 Å². The molecule has 124 valence electrons. The van der Waals surface area contributed by atoms with E-state index in [1.165, 1.54) is 13.0 Å². The molecule has 0 bridgehead atoms. The molecular weight excluding hydrogens is 313 g/mol. The van der Waals surface area contributed by atoms with Gasteiger partial charge in [-0.2, -0.15) is 18.3 Å². The van der Waals surface area contributed by atoms with E-state index in [1.807, 2.05) is 0 Å². The van der Waals surface area contributed by atoms with Gasteiger partial charge >= 0.3 is 6.18 Å². The molecule has 0 atom stereocenters. The smallest absolute Gasteiger partial charge is 0.383 e. The van der Waals surface area contributed by atoms with Crippen LogP contribution < -0.4 is 10.5 Å². The average molecular weight is 328 g/mol. The average Bonchev–Trinajstić information content (AvgIpc) is 2.92. The van der Waals surface area contributed by atoms with Crippen LogP contribution in [0.15, 0.2) is 21.5 Å². The van der Waals surface area contributed by atoms with Crippen molar-refractivity contribution >= 4 is 5.95 Å². The van der Waals surface area contributed by atoms with Crippen molar-refractivity contribution in [2.24, 2.45) is 0 Å². The number of rotatable bonds is 2. The zero-order valence-corrected chi connectivity index (χ0v) is 12.4. The number of aryl methyl sites for hydroxylation is 1. The summed E-state index contributed by atoms with van der Waals surface area (Å²) >= 11 is 0. The number of halogens is 3. The maximum absolute atomic E-state index is 12.8. The van der Waals surface area contributed by atoms with Crippen LogP contribution in [0.2, 0.25) is 0 Å². The van der Waals surface area contributed by atoms with E-state index in [2.05, 4.69) is 15.1 Å². The van der Waals surface area contributed by atoms with Gasteiger partial charge in [0.1, 0.15) is 11.5 Å². The van der Waals surface area contributed by atoms with E-state index in [0.29, 0.717) is 31.7 Å². The van der Waals surface area contributed by atoms with E-state index >= 15 is 0 Å². The first-order valence-corrected chi connectivity index (χ1v) is 7.19. The summed E-state index contributed by atoms with van der Waals surface area (Å²) in [6.07, 6.45) is -3.19. The number of anilines is 1. The maximum atomic E-state index is 12.8. The number of hydrogen-bond donors (Lipinski definition) is 1. The second-order valence-electron chi connectivity index (χ2n) is 5.57. The minimum Gasteiger partial charge on any atom is -0.383 e. The molecule has 0 saturated carbocycles. The van der Waals surface area contributed by atoms with E-state index < -0.39 is 11.9 Å². The second kappa shape index (κ2) is 5.71. The largest absolute Gasteiger partial charge is 0.433 e. The van der Waals surface area contributed by atoms with Gasteiger partial charge < -0.3 is 9.42 Å². The van der Waals surface area contributed by atoms with Gasteiger partial charge in [0.2, 0.25) is 5.95 Å². The first-order chi connectivity index (χ1) is 10.8. The number of nitrogens with one attached hydrogen (secondary N) is 1. The van der Waals surface area contributed by atoms with Crippen LogP contribution in [0, 0.1) is 6.92 Å². The van der Waals surface area contributed by atoms with Crippen LogP contribution in [0.1, 0.15) is 35.9 Å². The fourth-order valence-electron chi connectivity index (χ4n) is 2.70. The normalized spacial score (nSPS) is 16.8. The highest BCUT2D eigenvalue weighted by molar-refractivity contribution is 5.34.